The summed E-state index contributed by atoms with van der Waals surface area (Å²) in [5, 5.41) is 4.21. The Balaban J connectivity index is 1.26. The number of halogens is 1. The van der Waals surface area contributed by atoms with Crippen LogP contribution in [0, 0.1) is 0 Å². The second kappa shape index (κ2) is 12.0. The first-order valence-corrected chi connectivity index (χ1v) is 12.1. The molecule has 0 saturated carbocycles. The lowest BCUT2D eigenvalue weighted by molar-refractivity contribution is 0.190. The summed E-state index contributed by atoms with van der Waals surface area (Å²) in [5.74, 6) is 1.51. The molecule has 0 atom stereocenters. The van der Waals surface area contributed by atoms with Gasteiger partial charge in [0.25, 0.3) is 0 Å². The first-order chi connectivity index (χ1) is 16.2. The number of rotatable bonds is 10. The maximum Gasteiger partial charge on any atom is 0.161 e. The molecule has 1 aliphatic heterocycles. The third-order valence-electron chi connectivity index (χ3n) is 5.92. The summed E-state index contributed by atoms with van der Waals surface area (Å²) in [7, 11) is 0. The molecule has 0 amide bonds. The molecule has 0 spiro atoms. The van der Waals surface area contributed by atoms with Gasteiger partial charge in [0.15, 0.2) is 11.5 Å². The second-order valence-corrected chi connectivity index (χ2v) is 8.80. The quantitative estimate of drug-likeness (QED) is 0.402. The highest BCUT2D eigenvalue weighted by atomic mass is 35.5. The fraction of sp³-hybridized carbons (Fsp3) is 0.370. The van der Waals surface area contributed by atoms with Crippen molar-refractivity contribution in [2.24, 2.45) is 0 Å². The summed E-state index contributed by atoms with van der Waals surface area (Å²) in [4.78, 5) is 6.65. The smallest absolute Gasteiger partial charge is 0.161 e. The number of likely N-dealkylation sites (tertiary alicyclic amines) is 1. The van der Waals surface area contributed by atoms with Crippen molar-refractivity contribution in [2.75, 3.05) is 19.7 Å². The second-order valence-electron chi connectivity index (χ2n) is 8.41. The van der Waals surface area contributed by atoms with Crippen molar-refractivity contribution in [1.82, 2.24) is 15.2 Å². The third-order valence-corrected chi connectivity index (χ3v) is 6.15. The van der Waals surface area contributed by atoms with Crippen molar-refractivity contribution < 1.29 is 9.47 Å². The number of benzene rings is 2. The van der Waals surface area contributed by atoms with Gasteiger partial charge in [0, 0.05) is 30.9 Å². The molecule has 33 heavy (non-hydrogen) atoms. The van der Waals surface area contributed by atoms with Crippen molar-refractivity contribution >= 4 is 11.6 Å². The van der Waals surface area contributed by atoms with Gasteiger partial charge in [-0.1, -0.05) is 54.1 Å². The zero-order valence-electron chi connectivity index (χ0n) is 19.2. The van der Waals surface area contributed by atoms with Gasteiger partial charge in [-0.3, -0.25) is 4.90 Å². The average Bonchev–Trinajstić information content (AvgIpc) is 2.85. The Kier molecular flexibility index (Phi) is 8.59. The predicted octanol–water partition coefficient (Wildman–Crippen LogP) is 5.47. The van der Waals surface area contributed by atoms with Crippen LogP contribution in [0.3, 0.4) is 0 Å². The Bertz CT molecular complexity index is 990. The molecule has 4 rings (SSSR count). The number of ether oxygens (including phenoxy) is 2. The van der Waals surface area contributed by atoms with E-state index >= 15 is 0 Å². The molecule has 0 unspecified atom stereocenters. The summed E-state index contributed by atoms with van der Waals surface area (Å²) in [6, 6.07) is 21.1. The molecule has 0 aliphatic carbocycles. The van der Waals surface area contributed by atoms with Crippen LogP contribution in [0.2, 0.25) is 5.15 Å². The lowest BCUT2D eigenvalue weighted by Gasteiger charge is -2.32. The number of aromatic nitrogens is 1. The molecule has 2 aromatic carbocycles. The van der Waals surface area contributed by atoms with E-state index in [0.29, 0.717) is 24.4 Å². The number of pyridine rings is 1. The van der Waals surface area contributed by atoms with Crippen LogP contribution in [0.1, 0.15) is 36.5 Å². The molecule has 5 nitrogen and oxygen atoms in total. The van der Waals surface area contributed by atoms with Gasteiger partial charge >= 0.3 is 0 Å². The Morgan fingerprint density at radius 1 is 0.939 bits per heavy atom. The minimum Gasteiger partial charge on any atom is -0.490 e. The van der Waals surface area contributed by atoms with Gasteiger partial charge in [-0.2, -0.15) is 0 Å². The van der Waals surface area contributed by atoms with Crippen molar-refractivity contribution in [2.45, 2.75) is 45.5 Å². The lowest BCUT2D eigenvalue weighted by atomic mass is 10.0. The van der Waals surface area contributed by atoms with E-state index in [1.807, 2.05) is 19.1 Å². The van der Waals surface area contributed by atoms with Crippen LogP contribution in [0.5, 0.6) is 11.5 Å². The molecular weight excluding hydrogens is 434 g/mol. The molecule has 0 radical (unpaired) electrons. The van der Waals surface area contributed by atoms with Gasteiger partial charge in [0.1, 0.15) is 11.8 Å². The van der Waals surface area contributed by atoms with Gasteiger partial charge in [0.05, 0.1) is 6.61 Å². The summed E-state index contributed by atoms with van der Waals surface area (Å²) in [5.41, 5.74) is 3.55. The van der Waals surface area contributed by atoms with E-state index in [9.17, 15) is 0 Å². The third kappa shape index (κ3) is 7.19. The molecule has 1 N–H and O–H groups in total. The summed E-state index contributed by atoms with van der Waals surface area (Å²) < 4.78 is 11.8. The molecule has 1 saturated heterocycles. The van der Waals surface area contributed by atoms with Gasteiger partial charge < -0.3 is 14.8 Å². The number of nitrogens with zero attached hydrogens (tertiary/aromatic N) is 2. The minimum atomic E-state index is 0.420. The highest BCUT2D eigenvalue weighted by molar-refractivity contribution is 6.29. The number of hydrogen-bond acceptors (Lipinski definition) is 5. The Labute approximate surface area is 201 Å². The summed E-state index contributed by atoms with van der Waals surface area (Å²) in [6.45, 7) is 7.12. The van der Waals surface area contributed by atoms with E-state index in [0.717, 1.165) is 43.2 Å². The summed E-state index contributed by atoms with van der Waals surface area (Å²) >= 11 is 5.86. The Morgan fingerprint density at radius 3 is 2.45 bits per heavy atom. The van der Waals surface area contributed by atoms with Crippen LogP contribution in [-0.2, 0) is 19.7 Å². The van der Waals surface area contributed by atoms with Crippen molar-refractivity contribution in [1.29, 1.82) is 0 Å². The predicted molar refractivity (Wildman–Crippen MR) is 133 cm³/mol. The molecule has 174 valence electrons. The van der Waals surface area contributed by atoms with E-state index in [-0.39, 0.29) is 0 Å². The first-order valence-electron chi connectivity index (χ1n) is 11.7. The van der Waals surface area contributed by atoms with Crippen LogP contribution in [0.15, 0.2) is 66.9 Å². The molecule has 0 bridgehead atoms. The average molecular weight is 466 g/mol. The molecule has 3 aromatic rings. The maximum atomic E-state index is 5.99. The lowest BCUT2D eigenvalue weighted by Crippen LogP contribution is -2.41. The largest absolute Gasteiger partial charge is 0.490 e. The highest BCUT2D eigenvalue weighted by Crippen LogP contribution is 2.29. The topological polar surface area (TPSA) is 46.6 Å². The minimum absolute atomic E-state index is 0.420. The van der Waals surface area contributed by atoms with E-state index in [1.54, 1.807) is 12.3 Å². The van der Waals surface area contributed by atoms with Crippen LogP contribution in [0.25, 0.3) is 0 Å². The van der Waals surface area contributed by atoms with Crippen molar-refractivity contribution in [3.8, 4) is 11.5 Å². The Hall–Kier alpha value is -2.60. The number of nitrogens with one attached hydrogen (secondary N) is 1. The normalized spacial score (nSPS) is 14.8. The maximum absolute atomic E-state index is 5.99. The standard InChI is InChI=1S/C27H32ClN3O2/c1-2-32-26-16-22(8-10-25(26)33-20-23-9-11-27(28)30-18-23)17-29-24-12-14-31(15-13-24)19-21-6-4-3-5-7-21/h3-11,16,18,24,29H,2,12-15,17,19-20H2,1H3. The van der Waals surface area contributed by atoms with E-state index in [4.69, 9.17) is 21.1 Å². The van der Waals surface area contributed by atoms with Crippen molar-refractivity contribution in [3.63, 3.8) is 0 Å². The number of piperidine rings is 1. The molecule has 1 fully saturated rings. The zero-order valence-corrected chi connectivity index (χ0v) is 19.9. The fourth-order valence-electron chi connectivity index (χ4n) is 4.10. The zero-order chi connectivity index (χ0) is 22.9. The van der Waals surface area contributed by atoms with Gasteiger partial charge in [-0.15, -0.1) is 0 Å². The van der Waals surface area contributed by atoms with Crippen LogP contribution >= 0.6 is 11.6 Å². The van der Waals surface area contributed by atoms with Crippen molar-refractivity contribution in [3.05, 3.63) is 88.7 Å². The van der Waals surface area contributed by atoms with E-state index in [2.05, 4.69) is 57.7 Å². The molecule has 2 heterocycles. The number of hydrogen-bond donors (Lipinski definition) is 1. The first kappa shape index (κ1) is 23.6. The van der Waals surface area contributed by atoms with Gasteiger partial charge in [-0.05, 0) is 62.2 Å². The molecular formula is C27H32ClN3O2. The fourth-order valence-corrected chi connectivity index (χ4v) is 4.21. The van der Waals surface area contributed by atoms with E-state index in [1.165, 1.54) is 24.0 Å². The van der Waals surface area contributed by atoms with Crippen LogP contribution in [-0.4, -0.2) is 35.6 Å². The van der Waals surface area contributed by atoms with Crippen LogP contribution in [0.4, 0.5) is 0 Å². The molecule has 6 heteroatoms. The Morgan fingerprint density at radius 2 is 1.73 bits per heavy atom. The van der Waals surface area contributed by atoms with Crippen LogP contribution < -0.4 is 14.8 Å². The summed E-state index contributed by atoms with van der Waals surface area (Å²) in [6.07, 6.45) is 4.06. The molecule has 1 aromatic heterocycles. The molecule has 1 aliphatic rings. The van der Waals surface area contributed by atoms with Gasteiger partial charge in [-0.25, -0.2) is 4.98 Å². The SMILES string of the molecule is CCOc1cc(CNC2CCN(Cc3ccccc3)CC2)ccc1OCc1ccc(Cl)nc1. The van der Waals surface area contributed by atoms with Gasteiger partial charge in [0.2, 0.25) is 0 Å². The highest BCUT2D eigenvalue weighted by Gasteiger charge is 2.19. The van der Waals surface area contributed by atoms with E-state index < -0.39 is 0 Å². The monoisotopic (exact) mass is 465 g/mol.